The lowest BCUT2D eigenvalue weighted by Gasteiger charge is -2.08. The van der Waals surface area contributed by atoms with Gasteiger partial charge in [0.2, 0.25) is 5.12 Å². The molecule has 2 aromatic carbocycles. The number of phenols is 2. The van der Waals surface area contributed by atoms with Crippen molar-refractivity contribution in [3.05, 3.63) is 83.3 Å². The molecule has 0 saturated heterocycles. The fourth-order valence-corrected chi connectivity index (χ4v) is 4.14. The summed E-state index contributed by atoms with van der Waals surface area (Å²) in [5.41, 5.74) is 8.60. The second kappa shape index (κ2) is 12.1. The van der Waals surface area contributed by atoms with E-state index in [0.29, 0.717) is 17.1 Å². The molecular weight excluding hydrogens is 554 g/mol. The molecule has 0 aliphatic carbocycles. The quantitative estimate of drug-likeness (QED) is 0.144. The molecule has 6 N–H and O–H groups in total. The molecule has 15 heteroatoms. The van der Waals surface area contributed by atoms with Gasteiger partial charge in [0, 0.05) is 29.6 Å². The summed E-state index contributed by atoms with van der Waals surface area (Å²) in [6.07, 6.45) is 2.77. The van der Waals surface area contributed by atoms with Gasteiger partial charge in [-0.3, -0.25) is 4.79 Å². The van der Waals surface area contributed by atoms with E-state index in [1.54, 1.807) is 0 Å². The Labute approximate surface area is 235 Å². The molecule has 4 aromatic rings. The van der Waals surface area contributed by atoms with E-state index in [1.165, 1.54) is 65.6 Å². The van der Waals surface area contributed by atoms with Gasteiger partial charge in [-0.1, -0.05) is 23.9 Å². The van der Waals surface area contributed by atoms with Gasteiger partial charge in [0.25, 0.3) is 0 Å². The number of hydrogen-bond acceptors (Lipinski definition) is 12. The Morgan fingerprint density at radius 3 is 2.29 bits per heavy atom. The zero-order valence-corrected chi connectivity index (χ0v) is 22.0. The molecule has 2 aromatic heterocycles. The maximum atomic E-state index is 12.8. The predicted octanol–water partition coefficient (Wildman–Crippen LogP) is 4.47. The number of aromatic hydroxyl groups is 2. The van der Waals surface area contributed by atoms with E-state index < -0.39 is 23.4 Å². The number of aromatic nitrogens is 4. The summed E-state index contributed by atoms with van der Waals surface area (Å²) in [6.45, 7) is 1.82. The van der Waals surface area contributed by atoms with Crippen LogP contribution < -0.4 is 5.32 Å². The molecular formula is C26H21N7O7S. The van der Waals surface area contributed by atoms with Crippen molar-refractivity contribution < 1.29 is 34.8 Å². The molecule has 41 heavy (non-hydrogen) atoms. The van der Waals surface area contributed by atoms with Crippen LogP contribution in [0.4, 0.5) is 5.69 Å². The van der Waals surface area contributed by atoms with E-state index in [0.717, 1.165) is 11.8 Å². The first kappa shape index (κ1) is 28.4. The first-order valence-electron chi connectivity index (χ1n) is 11.7. The number of nitrogens with zero attached hydrogens (tertiary/aromatic N) is 5. The van der Waals surface area contributed by atoms with E-state index in [1.807, 2.05) is 6.92 Å². The largest absolute Gasteiger partial charge is 0.507 e. The maximum Gasteiger partial charge on any atom is 0.339 e. The third-order valence-corrected chi connectivity index (χ3v) is 6.34. The summed E-state index contributed by atoms with van der Waals surface area (Å²) in [7, 11) is 0. The first-order chi connectivity index (χ1) is 19.6. The Bertz CT molecular complexity index is 1720. The van der Waals surface area contributed by atoms with Crippen LogP contribution in [-0.4, -0.2) is 63.2 Å². The standard InChI is InChI=1S/C26H21N7O7S/c1-2-41-26(40)13-7-18(20(30-27)11-28-14-3-5-16(24(36)37)22(34)9-14)29-19(8-13)21-12-33(32-31-21)15-4-6-17(25(38)39)23(35)10-15/h3-12,27-28,34-35H,2H2,1H3,(H,36,37)(H,38,39)/b20-11-,30-27?. The third kappa shape index (κ3) is 6.36. The fourth-order valence-electron chi connectivity index (χ4n) is 3.59. The molecule has 0 radical (unpaired) electrons. The van der Waals surface area contributed by atoms with Gasteiger partial charge in [-0.25, -0.2) is 24.8 Å². The van der Waals surface area contributed by atoms with Crippen molar-refractivity contribution in [2.75, 3.05) is 11.1 Å². The topological polar surface area (TPSA) is 224 Å². The number of anilines is 1. The molecule has 0 atom stereocenters. The van der Waals surface area contributed by atoms with E-state index in [2.05, 4.69) is 25.7 Å². The predicted molar refractivity (Wildman–Crippen MR) is 147 cm³/mol. The van der Waals surface area contributed by atoms with Crippen LogP contribution in [0.2, 0.25) is 0 Å². The monoisotopic (exact) mass is 575 g/mol. The van der Waals surface area contributed by atoms with Crippen LogP contribution >= 0.6 is 11.8 Å². The second-order valence-corrected chi connectivity index (χ2v) is 9.46. The molecule has 0 aliphatic rings. The van der Waals surface area contributed by atoms with Crippen molar-refractivity contribution in [2.45, 2.75) is 6.92 Å². The third-order valence-electron chi connectivity index (χ3n) is 5.56. The van der Waals surface area contributed by atoms with Crippen molar-refractivity contribution in [1.29, 1.82) is 5.53 Å². The zero-order valence-electron chi connectivity index (χ0n) is 21.1. The summed E-state index contributed by atoms with van der Waals surface area (Å²) in [5.74, 6) is -2.98. The van der Waals surface area contributed by atoms with Crippen molar-refractivity contribution in [3.8, 4) is 28.6 Å². The number of aromatic carboxylic acids is 2. The van der Waals surface area contributed by atoms with Crippen LogP contribution in [0, 0.1) is 5.53 Å². The van der Waals surface area contributed by atoms with Gasteiger partial charge in [-0.2, -0.15) is 5.11 Å². The molecule has 0 unspecified atom stereocenters. The summed E-state index contributed by atoms with van der Waals surface area (Å²) in [6, 6.07) is 10.6. The van der Waals surface area contributed by atoms with E-state index in [-0.39, 0.29) is 44.6 Å². The highest BCUT2D eigenvalue weighted by Gasteiger charge is 2.17. The molecule has 0 spiro atoms. The SMILES string of the molecule is CCSC(=O)c1cc(/C(=C/Nc2ccc(C(=O)O)c(O)c2)N=N)nc(-c2cn(-c3ccc(C(=O)O)c(O)c3)nn2)c1. The first-order valence-corrected chi connectivity index (χ1v) is 12.7. The number of nitrogens with one attached hydrogen (secondary N) is 2. The van der Waals surface area contributed by atoms with Gasteiger partial charge < -0.3 is 25.7 Å². The fraction of sp³-hybridized carbons (Fsp3) is 0.0769. The number of rotatable bonds is 10. The van der Waals surface area contributed by atoms with Crippen molar-refractivity contribution in [3.63, 3.8) is 0 Å². The van der Waals surface area contributed by atoms with E-state index in [4.69, 9.17) is 15.7 Å². The lowest BCUT2D eigenvalue weighted by Crippen LogP contribution is -2.01. The van der Waals surface area contributed by atoms with Crippen LogP contribution in [0.3, 0.4) is 0 Å². The Kier molecular flexibility index (Phi) is 8.38. The number of benzene rings is 2. The number of carboxylic acids is 2. The Morgan fingerprint density at radius 2 is 1.68 bits per heavy atom. The number of carbonyl (C=O) groups is 3. The molecule has 0 amide bonds. The summed E-state index contributed by atoms with van der Waals surface area (Å²) in [4.78, 5) is 39.6. The number of thioether (sulfide) groups is 1. The van der Waals surface area contributed by atoms with Gasteiger partial charge in [0.05, 0.1) is 23.3 Å². The average Bonchev–Trinajstić information content (AvgIpc) is 3.43. The minimum absolute atomic E-state index is 0.00535. The highest BCUT2D eigenvalue weighted by Crippen LogP contribution is 2.27. The van der Waals surface area contributed by atoms with Gasteiger partial charge >= 0.3 is 11.9 Å². The molecule has 0 aliphatic heterocycles. The maximum absolute atomic E-state index is 12.8. The smallest absolute Gasteiger partial charge is 0.339 e. The average molecular weight is 576 g/mol. The second-order valence-electron chi connectivity index (χ2n) is 8.22. The summed E-state index contributed by atoms with van der Waals surface area (Å²) >= 11 is 1.07. The number of hydrogen-bond donors (Lipinski definition) is 6. The number of carbonyl (C=O) groups excluding carboxylic acids is 1. The van der Waals surface area contributed by atoms with Crippen molar-refractivity contribution in [1.82, 2.24) is 20.0 Å². The minimum Gasteiger partial charge on any atom is -0.507 e. The summed E-state index contributed by atoms with van der Waals surface area (Å²) in [5, 5.41) is 52.4. The van der Waals surface area contributed by atoms with Crippen molar-refractivity contribution >= 4 is 40.2 Å². The molecule has 208 valence electrons. The summed E-state index contributed by atoms with van der Waals surface area (Å²) < 4.78 is 1.29. The van der Waals surface area contributed by atoms with Crippen LogP contribution in [0.25, 0.3) is 22.8 Å². The van der Waals surface area contributed by atoms with Gasteiger partial charge in [0.15, 0.2) is 0 Å². The lowest BCUT2D eigenvalue weighted by molar-refractivity contribution is 0.0682. The number of carboxylic acid groups (broad SMARTS) is 2. The zero-order chi connectivity index (χ0) is 29.7. The highest BCUT2D eigenvalue weighted by molar-refractivity contribution is 8.14. The van der Waals surface area contributed by atoms with Crippen molar-refractivity contribution in [2.24, 2.45) is 5.11 Å². The molecule has 0 fully saturated rings. The Balaban J connectivity index is 1.72. The van der Waals surface area contributed by atoms with Gasteiger partial charge in [-0.15, -0.1) is 5.10 Å². The van der Waals surface area contributed by atoms with E-state index >= 15 is 0 Å². The molecule has 2 heterocycles. The van der Waals surface area contributed by atoms with Crippen LogP contribution in [-0.2, 0) is 0 Å². The normalized spacial score (nSPS) is 11.2. The minimum atomic E-state index is -1.29. The molecule has 0 saturated carbocycles. The molecule has 4 rings (SSSR count). The van der Waals surface area contributed by atoms with E-state index in [9.17, 15) is 24.6 Å². The van der Waals surface area contributed by atoms with Crippen LogP contribution in [0.5, 0.6) is 11.5 Å². The number of pyridine rings is 1. The lowest BCUT2D eigenvalue weighted by atomic mass is 10.1. The van der Waals surface area contributed by atoms with Crippen LogP contribution in [0.15, 0.2) is 66.0 Å². The molecule has 14 nitrogen and oxygen atoms in total. The molecule has 0 bridgehead atoms. The van der Waals surface area contributed by atoms with Gasteiger partial charge in [0.1, 0.15) is 34.0 Å². The van der Waals surface area contributed by atoms with Gasteiger partial charge in [-0.05, 0) is 42.2 Å². The highest BCUT2D eigenvalue weighted by atomic mass is 32.2. The Hall–Kier alpha value is -5.57. The van der Waals surface area contributed by atoms with Crippen LogP contribution in [0.1, 0.15) is 43.7 Å². The Morgan fingerprint density at radius 1 is 1.00 bits per heavy atom.